The molecule has 2 aromatic rings. The molecule has 0 bridgehead atoms. The van der Waals surface area contributed by atoms with E-state index in [2.05, 4.69) is 10.6 Å². The van der Waals surface area contributed by atoms with Gasteiger partial charge in [0.05, 0.1) is 24.1 Å². The maximum absolute atomic E-state index is 13.5. The summed E-state index contributed by atoms with van der Waals surface area (Å²) in [6.45, 7) is 0.426. The summed E-state index contributed by atoms with van der Waals surface area (Å²) in [5.41, 5.74) is 1.46. The molecule has 3 N–H and O–H groups in total. The van der Waals surface area contributed by atoms with Crippen LogP contribution in [0.2, 0.25) is 0 Å². The minimum atomic E-state index is -0.585. The van der Waals surface area contributed by atoms with Gasteiger partial charge in [0.1, 0.15) is 19.0 Å². The van der Waals surface area contributed by atoms with E-state index in [4.69, 9.17) is 9.47 Å². The molecule has 0 saturated heterocycles. The highest BCUT2D eigenvalue weighted by atomic mass is 16.5. The van der Waals surface area contributed by atoms with Crippen molar-refractivity contribution in [2.45, 2.75) is 88.8 Å². The largest absolute Gasteiger partial charge is 0.489 e. The average Bonchev–Trinajstić information content (AvgIpc) is 3.47. The number of cyclic esters (lactones) is 1. The van der Waals surface area contributed by atoms with Crippen LogP contribution in [0.15, 0.2) is 66.7 Å². The second kappa shape index (κ2) is 16.1. The number of aliphatic hydroxyl groups is 1. The van der Waals surface area contributed by atoms with E-state index in [0.717, 1.165) is 61.8 Å². The van der Waals surface area contributed by atoms with Crippen LogP contribution in [0.4, 0.5) is 0 Å². The topological polar surface area (TPSA) is 114 Å². The summed E-state index contributed by atoms with van der Waals surface area (Å²) < 4.78 is 11.5. The van der Waals surface area contributed by atoms with Crippen LogP contribution in [0, 0.1) is 5.92 Å². The van der Waals surface area contributed by atoms with E-state index in [0.29, 0.717) is 25.9 Å². The Morgan fingerprint density at radius 2 is 1.74 bits per heavy atom. The number of allylic oxidation sites excluding steroid dienone is 2. The number of benzene rings is 2. The zero-order valence-electron chi connectivity index (χ0n) is 24.4. The number of carbonyl (C=O) groups is 3. The second-order valence-electron chi connectivity index (χ2n) is 11.6. The highest BCUT2D eigenvalue weighted by Crippen LogP contribution is 2.29. The lowest BCUT2D eigenvalue weighted by Crippen LogP contribution is -2.50. The maximum Gasteiger partial charge on any atom is 0.305 e. The molecule has 4 rings (SSSR count). The molecule has 1 aliphatic carbocycles. The number of amides is 2. The third-order valence-electron chi connectivity index (χ3n) is 8.11. The number of ether oxygens (including phenoxy) is 2. The Balaban J connectivity index is 1.41. The molecule has 8 nitrogen and oxygen atoms in total. The van der Waals surface area contributed by atoms with Gasteiger partial charge in [0.15, 0.2) is 0 Å². The first-order valence-electron chi connectivity index (χ1n) is 15.2. The van der Waals surface area contributed by atoms with Crippen LogP contribution in [0.1, 0.15) is 75.3 Å². The quantitative estimate of drug-likeness (QED) is 0.292. The summed E-state index contributed by atoms with van der Waals surface area (Å²) >= 11 is 0. The van der Waals surface area contributed by atoms with Gasteiger partial charge in [0, 0.05) is 12.8 Å². The van der Waals surface area contributed by atoms with Gasteiger partial charge in [0.25, 0.3) is 0 Å². The number of esters is 1. The smallest absolute Gasteiger partial charge is 0.305 e. The van der Waals surface area contributed by atoms with Crippen molar-refractivity contribution in [3.63, 3.8) is 0 Å². The Bertz CT molecular complexity index is 1170. The van der Waals surface area contributed by atoms with Gasteiger partial charge in [-0.1, -0.05) is 67.5 Å². The van der Waals surface area contributed by atoms with Crippen LogP contribution in [0.25, 0.3) is 0 Å². The second-order valence-corrected chi connectivity index (χ2v) is 11.6. The first-order valence-corrected chi connectivity index (χ1v) is 15.2. The van der Waals surface area contributed by atoms with Gasteiger partial charge < -0.3 is 25.2 Å². The molecular formula is C34H44N2O6. The Hall–Kier alpha value is -3.65. The minimum absolute atomic E-state index is 0.0257. The van der Waals surface area contributed by atoms with Crippen molar-refractivity contribution < 1.29 is 29.0 Å². The van der Waals surface area contributed by atoms with Gasteiger partial charge >= 0.3 is 5.97 Å². The van der Waals surface area contributed by atoms with Gasteiger partial charge in [-0.25, -0.2) is 0 Å². The van der Waals surface area contributed by atoms with E-state index in [1.54, 1.807) is 0 Å². The summed E-state index contributed by atoms with van der Waals surface area (Å²) in [6, 6.07) is 17.2. The van der Waals surface area contributed by atoms with Gasteiger partial charge in [-0.05, 0) is 68.2 Å². The van der Waals surface area contributed by atoms with Crippen molar-refractivity contribution in [3.05, 3.63) is 77.9 Å². The molecule has 1 heterocycles. The van der Waals surface area contributed by atoms with Crippen LogP contribution in [0.3, 0.4) is 0 Å². The number of hydrogen-bond acceptors (Lipinski definition) is 6. The summed E-state index contributed by atoms with van der Waals surface area (Å²) in [5, 5.41) is 16.0. The van der Waals surface area contributed by atoms with Crippen molar-refractivity contribution >= 4 is 17.8 Å². The van der Waals surface area contributed by atoms with Crippen molar-refractivity contribution in [1.82, 2.24) is 10.6 Å². The fraction of sp³-hybridized carbons (Fsp3) is 0.500. The van der Waals surface area contributed by atoms with Gasteiger partial charge in [0.2, 0.25) is 11.8 Å². The predicted octanol–water partition coefficient (Wildman–Crippen LogP) is 4.78. The monoisotopic (exact) mass is 576 g/mol. The molecule has 1 saturated carbocycles. The molecule has 2 atom stereocenters. The molecule has 0 spiro atoms. The molecule has 0 radical (unpaired) electrons. The lowest BCUT2D eigenvalue weighted by Gasteiger charge is -2.29. The molecule has 2 aromatic carbocycles. The SMILES string of the molecule is O=C(CC1CC=CCCCCC(=O)OCC(Cc2ccc(OCc3ccccc3)cc2)NC1=O)NC1(CO)CCCC1. The molecule has 42 heavy (non-hydrogen) atoms. The molecule has 2 aliphatic rings. The lowest BCUT2D eigenvalue weighted by atomic mass is 9.95. The Morgan fingerprint density at radius 1 is 0.976 bits per heavy atom. The highest BCUT2D eigenvalue weighted by Gasteiger charge is 2.35. The summed E-state index contributed by atoms with van der Waals surface area (Å²) in [7, 11) is 0. The zero-order chi connectivity index (χ0) is 29.6. The van der Waals surface area contributed by atoms with Crippen molar-refractivity contribution in [3.8, 4) is 5.75 Å². The lowest BCUT2D eigenvalue weighted by molar-refractivity contribution is -0.145. The average molecular weight is 577 g/mol. The summed E-state index contributed by atoms with van der Waals surface area (Å²) in [4.78, 5) is 38.9. The van der Waals surface area contributed by atoms with Crippen LogP contribution in [-0.4, -0.2) is 47.7 Å². The Kier molecular flexibility index (Phi) is 12.0. The van der Waals surface area contributed by atoms with Crippen molar-refractivity contribution in [2.75, 3.05) is 13.2 Å². The summed E-state index contributed by atoms with van der Waals surface area (Å²) in [5.74, 6) is -0.588. The molecule has 1 aliphatic heterocycles. The number of nitrogens with one attached hydrogen (secondary N) is 2. The molecule has 0 aromatic heterocycles. The molecule has 226 valence electrons. The number of carbonyl (C=O) groups excluding carboxylic acids is 3. The first-order chi connectivity index (χ1) is 20.4. The maximum atomic E-state index is 13.5. The fourth-order valence-electron chi connectivity index (χ4n) is 5.62. The van der Waals surface area contributed by atoms with Crippen LogP contribution >= 0.6 is 0 Å². The van der Waals surface area contributed by atoms with E-state index in [-0.39, 0.29) is 37.4 Å². The van der Waals surface area contributed by atoms with E-state index in [9.17, 15) is 19.5 Å². The third-order valence-corrected chi connectivity index (χ3v) is 8.11. The molecule has 8 heteroatoms. The first kappa shape index (κ1) is 31.3. The third kappa shape index (κ3) is 10.0. The number of hydrogen-bond donors (Lipinski definition) is 3. The summed E-state index contributed by atoms with van der Waals surface area (Å²) in [6.07, 6.45) is 11.1. The van der Waals surface area contributed by atoms with Crippen LogP contribution in [-0.2, 0) is 32.1 Å². The van der Waals surface area contributed by atoms with E-state index in [1.165, 1.54) is 0 Å². The van der Waals surface area contributed by atoms with E-state index >= 15 is 0 Å². The molecule has 2 unspecified atom stereocenters. The molecule has 2 amide bonds. The van der Waals surface area contributed by atoms with E-state index < -0.39 is 17.5 Å². The van der Waals surface area contributed by atoms with Gasteiger partial charge in [-0.3, -0.25) is 14.4 Å². The standard InChI is InChI=1S/C34H44N2O6/c37-25-34(19-9-10-20-34)36-31(38)22-28-13-7-2-1-3-8-14-32(39)42-24-29(35-33(28)40)21-26-15-17-30(18-16-26)41-23-27-11-5-4-6-12-27/h2,4-7,11-12,15-18,28-29,37H,1,3,8-10,13-14,19-25H2,(H,35,40)(H,36,38). The molecule has 1 fully saturated rings. The minimum Gasteiger partial charge on any atom is -0.489 e. The van der Waals surface area contributed by atoms with Crippen LogP contribution in [0.5, 0.6) is 5.75 Å². The van der Waals surface area contributed by atoms with Gasteiger partial charge in [-0.2, -0.15) is 0 Å². The van der Waals surface area contributed by atoms with Gasteiger partial charge in [-0.15, -0.1) is 0 Å². The fourth-order valence-corrected chi connectivity index (χ4v) is 5.62. The Labute approximate surface area is 248 Å². The van der Waals surface area contributed by atoms with Crippen LogP contribution < -0.4 is 15.4 Å². The zero-order valence-corrected chi connectivity index (χ0v) is 24.4. The Morgan fingerprint density at radius 3 is 2.48 bits per heavy atom. The molecular weight excluding hydrogens is 532 g/mol. The normalized spacial score (nSPS) is 21.5. The van der Waals surface area contributed by atoms with Crippen molar-refractivity contribution in [2.24, 2.45) is 5.92 Å². The highest BCUT2D eigenvalue weighted by molar-refractivity contribution is 5.86. The predicted molar refractivity (Wildman–Crippen MR) is 161 cm³/mol. The van der Waals surface area contributed by atoms with E-state index in [1.807, 2.05) is 66.7 Å². The van der Waals surface area contributed by atoms with Crippen molar-refractivity contribution in [1.29, 1.82) is 0 Å². The number of aliphatic hydroxyl groups excluding tert-OH is 1. The number of rotatable bonds is 9.